The zero-order valence-corrected chi connectivity index (χ0v) is 18.5. The fraction of sp³-hybridized carbons (Fsp3) is 0.571. The van der Waals surface area contributed by atoms with Gasteiger partial charge in [-0.2, -0.15) is 4.98 Å². The molecule has 168 valence electrons. The fourth-order valence-electron chi connectivity index (χ4n) is 4.03. The summed E-state index contributed by atoms with van der Waals surface area (Å²) in [4.78, 5) is 18.5. The number of nitrogens with zero attached hydrogens (tertiary/aromatic N) is 4. The largest absolute Gasteiger partial charge is 0.367 e. The van der Waals surface area contributed by atoms with Gasteiger partial charge in [-0.3, -0.25) is 4.79 Å². The number of benzene rings is 1. The van der Waals surface area contributed by atoms with Crippen molar-refractivity contribution in [3.8, 4) is 0 Å². The van der Waals surface area contributed by atoms with Crippen molar-refractivity contribution in [3.05, 3.63) is 47.6 Å². The van der Waals surface area contributed by atoms with Crippen LogP contribution in [-0.4, -0.2) is 72.7 Å². The van der Waals surface area contributed by atoms with Crippen LogP contribution in [0.3, 0.4) is 0 Å². The normalized spacial score (nSPS) is 18.8. The van der Waals surface area contributed by atoms with E-state index in [1.807, 2.05) is 30.3 Å². The van der Waals surface area contributed by atoms with Gasteiger partial charge >= 0.3 is 0 Å². The number of ether oxygens (including phenoxy) is 1. The monoisotopic (exact) mass is 448 g/mol. The zero-order chi connectivity index (χ0) is 21.8. The second-order valence-electron chi connectivity index (χ2n) is 8.33. The van der Waals surface area contributed by atoms with E-state index in [0.29, 0.717) is 69.7 Å². The first-order valence-electron chi connectivity index (χ1n) is 10.6. The number of hydrogen-bond donors (Lipinski definition) is 0. The second-order valence-corrected chi connectivity index (χ2v) is 10.3. The summed E-state index contributed by atoms with van der Waals surface area (Å²) in [6.07, 6.45) is 3.27. The van der Waals surface area contributed by atoms with Crippen molar-refractivity contribution in [1.82, 2.24) is 19.3 Å². The Morgan fingerprint density at radius 3 is 2.58 bits per heavy atom. The lowest BCUT2D eigenvalue weighted by Gasteiger charge is -2.38. The Bertz CT molecular complexity index is 980. The molecular formula is C21H28N4O5S. The van der Waals surface area contributed by atoms with E-state index < -0.39 is 10.0 Å². The number of aromatic nitrogens is 2. The lowest BCUT2D eigenvalue weighted by Crippen LogP contribution is -2.52. The molecule has 3 heterocycles. The lowest BCUT2D eigenvalue weighted by atomic mass is 9.96. The molecule has 2 fully saturated rings. The van der Waals surface area contributed by atoms with Gasteiger partial charge in [-0.1, -0.05) is 35.5 Å². The molecule has 0 unspecified atom stereocenters. The van der Waals surface area contributed by atoms with E-state index in [2.05, 4.69) is 10.1 Å². The molecule has 0 atom stereocenters. The molecule has 4 rings (SSSR count). The minimum absolute atomic E-state index is 0.00367. The highest BCUT2D eigenvalue weighted by Crippen LogP contribution is 2.28. The number of hydrogen-bond acceptors (Lipinski definition) is 7. The van der Waals surface area contributed by atoms with Crippen LogP contribution in [0.4, 0.5) is 0 Å². The van der Waals surface area contributed by atoms with Crippen LogP contribution in [0.2, 0.25) is 0 Å². The van der Waals surface area contributed by atoms with Gasteiger partial charge in [0.1, 0.15) is 6.61 Å². The van der Waals surface area contributed by atoms with Gasteiger partial charge in [0.25, 0.3) is 0 Å². The van der Waals surface area contributed by atoms with Crippen molar-refractivity contribution < 1.29 is 22.5 Å². The SMILES string of the molecule is CS(=O)(=O)N1CCC(c2noc(CC3CN(C(=O)COCc4ccccc4)C3)n2)CC1. The summed E-state index contributed by atoms with van der Waals surface area (Å²) < 4.78 is 35.7. The van der Waals surface area contributed by atoms with Crippen LogP contribution in [0.1, 0.15) is 36.0 Å². The van der Waals surface area contributed by atoms with Crippen molar-refractivity contribution in [2.45, 2.75) is 31.8 Å². The Morgan fingerprint density at radius 1 is 1.19 bits per heavy atom. The van der Waals surface area contributed by atoms with Crippen LogP contribution in [0.15, 0.2) is 34.9 Å². The zero-order valence-electron chi connectivity index (χ0n) is 17.6. The quantitative estimate of drug-likeness (QED) is 0.601. The van der Waals surface area contributed by atoms with Crippen LogP contribution in [0, 0.1) is 5.92 Å². The predicted octanol–water partition coefficient (Wildman–Crippen LogP) is 1.43. The highest BCUT2D eigenvalue weighted by molar-refractivity contribution is 7.88. The van der Waals surface area contributed by atoms with Crippen molar-refractivity contribution in [1.29, 1.82) is 0 Å². The molecule has 0 aliphatic carbocycles. The topological polar surface area (TPSA) is 106 Å². The predicted molar refractivity (Wildman–Crippen MR) is 113 cm³/mol. The molecule has 0 bridgehead atoms. The molecule has 1 aromatic carbocycles. The Morgan fingerprint density at radius 2 is 1.90 bits per heavy atom. The molecule has 2 aliphatic rings. The molecule has 2 saturated heterocycles. The van der Waals surface area contributed by atoms with Crippen LogP contribution >= 0.6 is 0 Å². The van der Waals surface area contributed by atoms with Crippen LogP contribution in [-0.2, 0) is 32.6 Å². The number of carbonyl (C=O) groups is 1. The third kappa shape index (κ3) is 5.69. The first kappa shape index (κ1) is 21.9. The maximum atomic E-state index is 12.2. The van der Waals surface area contributed by atoms with E-state index in [-0.39, 0.29) is 18.4 Å². The second kappa shape index (κ2) is 9.46. The molecule has 9 nitrogen and oxygen atoms in total. The summed E-state index contributed by atoms with van der Waals surface area (Å²) in [6.45, 7) is 2.81. The minimum atomic E-state index is -3.14. The molecule has 2 aliphatic heterocycles. The molecule has 1 amide bonds. The van der Waals surface area contributed by atoms with E-state index in [9.17, 15) is 13.2 Å². The number of likely N-dealkylation sites (tertiary alicyclic amines) is 1. The average molecular weight is 449 g/mol. The van der Waals surface area contributed by atoms with Gasteiger partial charge in [-0.25, -0.2) is 12.7 Å². The van der Waals surface area contributed by atoms with E-state index in [1.54, 1.807) is 4.90 Å². The third-order valence-corrected chi connectivity index (χ3v) is 7.19. The lowest BCUT2D eigenvalue weighted by molar-refractivity contribution is -0.143. The van der Waals surface area contributed by atoms with Gasteiger partial charge in [0.2, 0.25) is 21.8 Å². The van der Waals surface area contributed by atoms with Gasteiger partial charge in [-0.05, 0) is 18.4 Å². The Kier molecular flexibility index (Phi) is 6.68. The van der Waals surface area contributed by atoms with Crippen LogP contribution in [0.5, 0.6) is 0 Å². The molecule has 0 spiro atoms. The Labute approximate surface area is 182 Å². The number of rotatable bonds is 8. The molecule has 0 N–H and O–H groups in total. The Balaban J connectivity index is 1.17. The average Bonchev–Trinajstić information content (AvgIpc) is 3.19. The number of carbonyl (C=O) groups excluding carboxylic acids is 1. The van der Waals surface area contributed by atoms with Crippen LogP contribution in [0.25, 0.3) is 0 Å². The van der Waals surface area contributed by atoms with Gasteiger partial charge in [0.15, 0.2) is 5.82 Å². The first-order chi connectivity index (χ1) is 14.9. The molecule has 0 radical (unpaired) electrons. The highest BCUT2D eigenvalue weighted by atomic mass is 32.2. The van der Waals surface area contributed by atoms with Crippen LogP contribution < -0.4 is 0 Å². The molecule has 0 saturated carbocycles. The van der Waals surface area contributed by atoms with Gasteiger partial charge < -0.3 is 14.2 Å². The number of piperidine rings is 1. The van der Waals surface area contributed by atoms with Gasteiger partial charge in [0, 0.05) is 44.4 Å². The summed E-state index contributed by atoms with van der Waals surface area (Å²) in [5, 5.41) is 4.11. The smallest absolute Gasteiger partial charge is 0.248 e. The van der Waals surface area contributed by atoms with Gasteiger partial charge in [0.05, 0.1) is 12.9 Å². The van der Waals surface area contributed by atoms with Crippen molar-refractivity contribution >= 4 is 15.9 Å². The highest BCUT2D eigenvalue weighted by Gasteiger charge is 2.33. The molecular weight excluding hydrogens is 420 g/mol. The first-order valence-corrected chi connectivity index (χ1v) is 12.4. The number of sulfonamides is 1. The maximum absolute atomic E-state index is 12.2. The van der Waals surface area contributed by atoms with E-state index in [4.69, 9.17) is 9.26 Å². The standard InChI is InChI=1S/C21H28N4O5S/c1-31(27,28)25-9-7-18(8-10-25)21-22-19(30-23-21)11-17-12-24(13-17)20(26)15-29-14-16-5-3-2-4-6-16/h2-6,17-18H,7-15H2,1H3. The summed E-state index contributed by atoms with van der Waals surface area (Å²) in [7, 11) is -3.14. The van der Waals surface area contributed by atoms with E-state index >= 15 is 0 Å². The molecule has 2 aromatic rings. The van der Waals surface area contributed by atoms with Gasteiger partial charge in [-0.15, -0.1) is 0 Å². The third-order valence-electron chi connectivity index (χ3n) is 5.88. The Hall–Kier alpha value is -2.30. The fourth-order valence-corrected chi connectivity index (χ4v) is 4.91. The summed E-state index contributed by atoms with van der Waals surface area (Å²) >= 11 is 0. The summed E-state index contributed by atoms with van der Waals surface area (Å²) in [5.74, 6) is 1.66. The minimum Gasteiger partial charge on any atom is -0.367 e. The van der Waals surface area contributed by atoms with E-state index in [1.165, 1.54) is 10.6 Å². The summed E-state index contributed by atoms with van der Waals surface area (Å²) in [6, 6.07) is 9.78. The van der Waals surface area contributed by atoms with Crippen molar-refractivity contribution in [2.75, 3.05) is 39.0 Å². The molecule has 1 aromatic heterocycles. The van der Waals surface area contributed by atoms with E-state index in [0.717, 1.165) is 5.56 Å². The van der Waals surface area contributed by atoms with Crippen molar-refractivity contribution in [3.63, 3.8) is 0 Å². The number of amides is 1. The molecule has 10 heteroatoms. The summed E-state index contributed by atoms with van der Waals surface area (Å²) in [5.41, 5.74) is 1.05. The van der Waals surface area contributed by atoms with Crippen molar-refractivity contribution in [2.24, 2.45) is 5.92 Å². The molecule has 31 heavy (non-hydrogen) atoms. The maximum Gasteiger partial charge on any atom is 0.248 e.